The Kier molecular flexibility index (Phi) is 4.60. The van der Waals surface area contributed by atoms with Crippen LogP contribution in [0.4, 0.5) is 5.69 Å². The SMILES string of the molecule is CCOC(=O)CC1CC=C(c2cnc3cccc(N)c3c2)CC1. The van der Waals surface area contributed by atoms with Gasteiger partial charge in [0.2, 0.25) is 0 Å². The van der Waals surface area contributed by atoms with E-state index in [1.54, 1.807) is 0 Å². The molecule has 0 spiro atoms. The Hall–Kier alpha value is -2.36. The maximum atomic E-state index is 11.6. The highest BCUT2D eigenvalue weighted by atomic mass is 16.5. The number of allylic oxidation sites excluding steroid dienone is 2. The van der Waals surface area contributed by atoms with E-state index in [4.69, 9.17) is 10.5 Å². The van der Waals surface area contributed by atoms with Crippen LogP contribution >= 0.6 is 0 Å². The lowest BCUT2D eigenvalue weighted by Crippen LogP contribution is -2.13. The van der Waals surface area contributed by atoms with Crippen molar-refractivity contribution in [3.63, 3.8) is 0 Å². The number of anilines is 1. The zero-order chi connectivity index (χ0) is 16.2. The van der Waals surface area contributed by atoms with Crippen molar-refractivity contribution in [1.82, 2.24) is 4.98 Å². The molecule has 1 aliphatic rings. The second-order valence-electron chi connectivity index (χ2n) is 6.02. The lowest BCUT2D eigenvalue weighted by molar-refractivity contribution is -0.144. The quantitative estimate of drug-likeness (QED) is 0.686. The third kappa shape index (κ3) is 3.52. The number of benzene rings is 1. The summed E-state index contributed by atoms with van der Waals surface area (Å²) in [6.45, 7) is 2.30. The maximum Gasteiger partial charge on any atom is 0.306 e. The van der Waals surface area contributed by atoms with E-state index < -0.39 is 0 Å². The number of nitrogen functional groups attached to an aromatic ring is 1. The van der Waals surface area contributed by atoms with Crippen LogP contribution in [0.3, 0.4) is 0 Å². The van der Waals surface area contributed by atoms with Crippen LogP contribution in [0.1, 0.15) is 38.2 Å². The first-order valence-electron chi connectivity index (χ1n) is 8.16. The van der Waals surface area contributed by atoms with Crippen LogP contribution in [-0.4, -0.2) is 17.6 Å². The average molecular weight is 310 g/mol. The smallest absolute Gasteiger partial charge is 0.306 e. The molecule has 0 saturated carbocycles. The Balaban J connectivity index is 1.74. The number of carbonyl (C=O) groups excluding carboxylic acids is 1. The van der Waals surface area contributed by atoms with Crippen molar-refractivity contribution in [2.24, 2.45) is 5.92 Å². The molecule has 1 heterocycles. The Morgan fingerprint density at radius 1 is 1.43 bits per heavy atom. The molecule has 0 bridgehead atoms. The first-order chi connectivity index (χ1) is 11.2. The fraction of sp³-hybridized carbons (Fsp3) is 0.368. The molecule has 1 aromatic carbocycles. The zero-order valence-electron chi connectivity index (χ0n) is 13.4. The van der Waals surface area contributed by atoms with Gasteiger partial charge in [0.1, 0.15) is 0 Å². The number of nitrogens with zero attached hydrogens (tertiary/aromatic N) is 1. The van der Waals surface area contributed by atoms with Crippen molar-refractivity contribution in [1.29, 1.82) is 0 Å². The van der Waals surface area contributed by atoms with Crippen LogP contribution in [0.25, 0.3) is 16.5 Å². The number of rotatable bonds is 4. The third-order valence-corrected chi connectivity index (χ3v) is 4.41. The van der Waals surface area contributed by atoms with Gasteiger partial charge in [-0.2, -0.15) is 0 Å². The van der Waals surface area contributed by atoms with E-state index in [1.165, 1.54) is 5.57 Å². The summed E-state index contributed by atoms with van der Waals surface area (Å²) in [5.41, 5.74) is 10.2. The molecule has 2 N–H and O–H groups in total. The molecule has 120 valence electrons. The molecule has 1 aromatic heterocycles. The Morgan fingerprint density at radius 3 is 3.04 bits per heavy atom. The van der Waals surface area contributed by atoms with Gasteiger partial charge in [0.15, 0.2) is 0 Å². The van der Waals surface area contributed by atoms with Gasteiger partial charge in [-0.15, -0.1) is 0 Å². The van der Waals surface area contributed by atoms with Crippen molar-refractivity contribution >= 4 is 28.1 Å². The molecule has 0 fully saturated rings. The summed E-state index contributed by atoms with van der Waals surface area (Å²) in [5, 5.41) is 1.000. The molecule has 4 nitrogen and oxygen atoms in total. The van der Waals surface area contributed by atoms with Crippen LogP contribution in [-0.2, 0) is 9.53 Å². The van der Waals surface area contributed by atoms with Gasteiger partial charge in [-0.25, -0.2) is 0 Å². The summed E-state index contributed by atoms with van der Waals surface area (Å²) in [6, 6.07) is 7.91. The minimum absolute atomic E-state index is 0.0884. The highest BCUT2D eigenvalue weighted by Gasteiger charge is 2.19. The van der Waals surface area contributed by atoms with Crippen LogP contribution < -0.4 is 5.73 Å². The van der Waals surface area contributed by atoms with Crippen molar-refractivity contribution < 1.29 is 9.53 Å². The number of aromatic nitrogens is 1. The molecular weight excluding hydrogens is 288 g/mol. The van der Waals surface area contributed by atoms with Gasteiger partial charge in [-0.3, -0.25) is 9.78 Å². The number of hydrogen-bond donors (Lipinski definition) is 1. The second-order valence-corrected chi connectivity index (χ2v) is 6.02. The van der Waals surface area contributed by atoms with Crippen LogP contribution in [0.2, 0.25) is 0 Å². The molecule has 3 rings (SSSR count). The molecule has 1 unspecified atom stereocenters. The fourth-order valence-electron chi connectivity index (χ4n) is 3.14. The third-order valence-electron chi connectivity index (χ3n) is 4.41. The van der Waals surface area contributed by atoms with Crippen LogP contribution in [0, 0.1) is 5.92 Å². The molecule has 0 amide bonds. The number of fused-ring (bicyclic) bond motifs is 1. The summed E-state index contributed by atoms with van der Waals surface area (Å²) in [6.07, 6.45) is 7.54. The standard InChI is InChI=1S/C19H22N2O2/c1-2-23-19(22)10-13-6-8-14(9-7-13)15-11-16-17(20)4-3-5-18(16)21-12-15/h3-5,8,11-13H,2,6-7,9-10,20H2,1H3. The predicted molar refractivity (Wildman–Crippen MR) is 92.7 cm³/mol. The van der Waals surface area contributed by atoms with E-state index in [9.17, 15) is 4.79 Å². The number of hydrogen-bond acceptors (Lipinski definition) is 4. The van der Waals surface area contributed by atoms with Gasteiger partial charge >= 0.3 is 5.97 Å². The summed E-state index contributed by atoms with van der Waals surface area (Å²) in [7, 11) is 0. The Labute approximate surface area is 136 Å². The average Bonchev–Trinajstić information content (AvgIpc) is 2.56. The van der Waals surface area contributed by atoms with Gasteiger partial charge in [0.25, 0.3) is 0 Å². The molecule has 23 heavy (non-hydrogen) atoms. The topological polar surface area (TPSA) is 65.2 Å². The van der Waals surface area contributed by atoms with Gasteiger partial charge in [-0.1, -0.05) is 12.1 Å². The molecule has 1 aliphatic carbocycles. The Morgan fingerprint density at radius 2 is 2.30 bits per heavy atom. The molecule has 0 radical (unpaired) electrons. The van der Waals surface area contributed by atoms with Crippen molar-refractivity contribution in [3.05, 3.63) is 42.1 Å². The minimum Gasteiger partial charge on any atom is -0.466 e. The predicted octanol–water partition coefficient (Wildman–Crippen LogP) is 3.95. The minimum atomic E-state index is -0.0884. The number of pyridine rings is 1. The van der Waals surface area contributed by atoms with Crippen molar-refractivity contribution in [2.75, 3.05) is 12.3 Å². The van der Waals surface area contributed by atoms with Crippen LogP contribution in [0.5, 0.6) is 0 Å². The lowest BCUT2D eigenvalue weighted by atomic mass is 9.85. The number of nitrogens with two attached hydrogens (primary N) is 1. The molecular formula is C19H22N2O2. The zero-order valence-corrected chi connectivity index (χ0v) is 13.4. The Bertz CT molecular complexity index is 752. The largest absolute Gasteiger partial charge is 0.466 e. The van der Waals surface area contributed by atoms with Gasteiger partial charge in [-0.05, 0) is 61.4 Å². The fourth-order valence-corrected chi connectivity index (χ4v) is 3.14. The molecule has 0 saturated heterocycles. The van der Waals surface area contributed by atoms with E-state index in [1.807, 2.05) is 31.3 Å². The van der Waals surface area contributed by atoms with E-state index in [2.05, 4.69) is 17.1 Å². The van der Waals surface area contributed by atoms with Gasteiger partial charge in [0.05, 0.1) is 12.1 Å². The molecule has 4 heteroatoms. The van der Waals surface area contributed by atoms with Crippen LogP contribution in [0.15, 0.2) is 36.5 Å². The number of ether oxygens (including phenoxy) is 1. The molecule has 1 atom stereocenters. The second kappa shape index (κ2) is 6.82. The first-order valence-corrected chi connectivity index (χ1v) is 8.16. The van der Waals surface area contributed by atoms with E-state index in [-0.39, 0.29) is 5.97 Å². The van der Waals surface area contributed by atoms with E-state index in [0.717, 1.165) is 41.4 Å². The highest BCUT2D eigenvalue weighted by molar-refractivity contribution is 5.92. The van der Waals surface area contributed by atoms with Gasteiger partial charge in [0, 0.05) is 23.7 Å². The van der Waals surface area contributed by atoms with E-state index >= 15 is 0 Å². The lowest BCUT2D eigenvalue weighted by Gasteiger charge is -2.21. The summed E-state index contributed by atoms with van der Waals surface area (Å²) in [5.74, 6) is 0.297. The normalized spacial score (nSPS) is 17.8. The maximum absolute atomic E-state index is 11.6. The number of carbonyl (C=O) groups is 1. The summed E-state index contributed by atoms with van der Waals surface area (Å²) >= 11 is 0. The first kappa shape index (κ1) is 15.5. The monoisotopic (exact) mass is 310 g/mol. The molecule has 2 aromatic rings. The summed E-state index contributed by atoms with van der Waals surface area (Å²) < 4.78 is 5.03. The van der Waals surface area contributed by atoms with Gasteiger partial charge < -0.3 is 10.5 Å². The summed E-state index contributed by atoms with van der Waals surface area (Å²) in [4.78, 5) is 16.1. The number of esters is 1. The van der Waals surface area contributed by atoms with Crippen molar-refractivity contribution in [2.45, 2.75) is 32.6 Å². The van der Waals surface area contributed by atoms with E-state index in [0.29, 0.717) is 18.9 Å². The molecule has 0 aliphatic heterocycles. The van der Waals surface area contributed by atoms with Crippen molar-refractivity contribution in [3.8, 4) is 0 Å². The highest BCUT2D eigenvalue weighted by Crippen LogP contribution is 2.33.